The van der Waals surface area contributed by atoms with Crippen LogP contribution < -0.4 is 4.74 Å². The lowest BCUT2D eigenvalue weighted by Crippen LogP contribution is -2.31. The zero-order valence-electron chi connectivity index (χ0n) is 14.7. The van der Waals surface area contributed by atoms with Crippen LogP contribution in [0.25, 0.3) is 11.4 Å². The average molecular weight is 347 g/mol. The van der Waals surface area contributed by atoms with E-state index in [2.05, 4.69) is 16.0 Å². The lowest BCUT2D eigenvalue weighted by molar-refractivity contribution is 0.0736. The summed E-state index contributed by atoms with van der Waals surface area (Å²) in [6.45, 7) is 0.757. The Bertz CT molecular complexity index is 905. The Morgan fingerprint density at radius 1 is 1.23 bits per heavy atom. The van der Waals surface area contributed by atoms with Crippen LogP contribution in [0.2, 0.25) is 0 Å². The molecule has 1 aliphatic heterocycles. The van der Waals surface area contributed by atoms with E-state index in [4.69, 9.17) is 4.74 Å². The van der Waals surface area contributed by atoms with Gasteiger partial charge in [0, 0.05) is 24.5 Å². The fraction of sp³-hybridized carbons (Fsp3) is 0.238. The molecule has 5 heteroatoms. The Balaban J connectivity index is 1.68. The smallest absolute Gasteiger partial charge is 0.255 e. The summed E-state index contributed by atoms with van der Waals surface area (Å²) < 4.78 is 5.35. The lowest BCUT2D eigenvalue weighted by atomic mass is 10.0. The Morgan fingerprint density at radius 3 is 2.92 bits per heavy atom. The number of amides is 1. The van der Waals surface area contributed by atoms with Gasteiger partial charge in [-0.2, -0.15) is 0 Å². The summed E-state index contributed by atoms with van der Waals surface area (Å²) in [5.74, 6) is 1.58. The first-order valence-corrected chi connectivity index (χ1v) is 8.81. The lowest BCUT2D eigenvalue weighted by Gasteiger charge is -2.26. The summed E-state index contributed by atoms with van der Waals surface area (Å²) in [5.41, 5.74) is 2.63. The van der Waals surface area contributed by atoms with Crippen LogP contribution in [0.15, 0.2) is 60.9 Å². The molecule has 132 valence electrons. The Morgan fingerprint density at radius 2 is 2.12 bits per heavy atom. The molecule has 0 unspecified atom stereocenters. The van der Waals surface area contributed by atoms with E-state index in [0.29, 0.717) is 11.4 Å². The summed E-state index contributed by atoms with van der Waals surface area (Å²) in [6.07, 6.45) is 5.43. The molecule has 1 atom stereocenters. The van der Waals surface area contributed by atoms with E-state index in [9.17, 15) is 4.79 Å². The zero-order chi connectivity index (χ0) is 17.9. The first kappa shape index (κ1) is 16.4. The van der Waals surface area contributed by atoms with Crippen LogP contribution in [-0.2, 0) is 0 Å². The van der Waals surface area contributed by atoms with Gasteiger partial charge in [-0.25, -0.2) is 4.98 Å². The van der Waals surface area contributed by atoms with E-state index in [1.54, 1.807) is 19.5 Å². The summed E-state index contributed by atoms with van der Waals surface area (Å²) in [4.78, 5) is 22.7. The van der Waals surface area contributed by atoms with Crippen molar-refractivity contribution in [1.82, 2.24) is 14.9 Å². The van der Waals surface area contributed by atoms with Gasteiger partial charge in [0.05, 0.1) is 18.7 Å². The Hall–Kier alpha value is -3.08. The average Bonchev–Trinajstić information content (AvgIpc) is 3.39. The van der Waals surface area contributed by atoms with Crippen molar-refractivity contribution in [2.45, 2.75) is 18.9 Å². The monoisotopic (exact) mass is 347 g/mol. The molecule has 5 nitrogen and oxygen atoms in total. The van der Waals surface area contributed by atoms with Crippen molar-refractivity contribution in [2.24, 2.45) is 0 Å². The molecule has 1 aliphatic rings. The van der Waals surface area contributed by atoms with Gasteiger partial charge in [-0.3, -0.25) is 4.79 Å². The number of aromatic amines is 1. The van der Waals surface area contributed by atoms with E-state index < -0.39 is 0 Å². The second-order valence-corrected chi connectivity index (χ2v) is 6.42. The first-order chi connectivity index (χ1) is 12.8. The molecular formula is C21H21N3O2. The quantitative estimate of drug-likeness (QED) is 0.774. The SMILES string of the molecule is COc1cccc([C@@H]2CCCN2C(=O)c2ccccc2-c2ncc[nH]2)c1. The van der Waals surface area contributed by atoms with Gasteiger partial charge in [0.1, 0.15) is 11.6 Å². The molecule has 2 heterocycles. The van der Waals surface area contributed by atoms with E-state index in [1.807, 2.05) is 47.4 Å². The highest BCUT2D eigenvalue weighted by molar-refractivity contribution is 6.00. The van der Waals surface area contributed by atoms with Crippen molar-refractivity contribution in [3.63, 3.8) is 0 Å². The highest BCUT2D eigenvalue weighted by atomic mass is 16.5. The van der Waals surface area contributed by atoms with Gasteiger partial charge in [-0.1, -0.05) is 30.3 Å². The third-order valence-electron chi connectivity index (χ3n) is 4.90. The molecule has 3 aromatic rings. The van der Waals surface area contributed by atoms with E-state index in [1.165, 1.54) is 0 Å². The van der Waals surface area contributed by atoms with Gasteiger partial charge in [0.15, 0.2) is 0 Å². The van der Waals surface area contributed by atoms with Gasteiger partial charge in [0.2, 0.25) is 0 Å². The van der Waals surface area contributed by atoms with Gasteiger partial charge in [-0.15, -0.1) is 0 Å². The largest absolute Gasteiger partial charge is 0.497 e. The van der Waals surface area contributed by atoms with Crippen molar-refractivity contribution in [3.05, 3.63) is 72.1 Å². The number of hydrogen-bond donors (Lipinski definition) is 1. The van der Waals surface area contributed by atoms with Gasteiger partial charge in [-0.05, 0) is 36.6 Å². The Labute approximate surface area is 152 Å². The minimum atomic E-state index is 0.0438. The van der Waals surface area contributed by atoms with Crippen molar-refractivity contribution in [3.8, 4) is 17.1 Å². The summed E-state index contributed by atoms with van der Waals surface area (Å²) in [7, 11) is 1.66. The molecule has 0 spiro atoms. The van der Waals surface area contributed by atoms with Crippen LogP contribution >= 0.6 is 0 Å². The van der Waals surface area contributed by atoms with Crippen molar-refractivity contribution in [1.29, 1.82) is 0 Å². The second-order valence-electron chi connectivity index (χ2n) is 6.42. The topological polar surface area (TPSA) is 58.2 Å². The molecule has 0 saturated carbocycles. The van der Waals surface area contributed by atoms with Crippen LogP contribution in [0.1, 0.15) is 34.8 Å². The number of aromatic nitrogens is 2. The van der Waals surface area contributed by atoms with Crippen LogP contribution in [-0.4, -0.2) is 34.4 Å². The maximum Gasteiger partial charge on any atom is 0.255 e. The van der Waals surface area contributed by atoms with Crippen LogP contribution in [0.4, 0.5) is 0 Å². The highest BCUT2D eigenvalue weighted by Gasteiger charge is 2.32. The molecule has 0 aliphatic carbocycles. The summed E-state index contributed by atoms with van der Waals surface area (Å²) >= 11 is 0. The molecule has 1 amide bonds. The molecule has 1 fully saturated rings. The molecule has 0 bridgehead atoms. The van der Waals surface area contributed by atoms with Gasteiger partial charge >= 0.3 is 0 Å². The molecule has 4 rings (SSSR count). The van der Waals surface area contributed by atoms with E-state index >= 15 is 0 Å². The summed E-state index contributed by atoms with van der Waals surface area (Å²) in [6, 6.07) is 15.7. The highest BCUT2D eigenvalue weighted by Crippen LogP contribution is 2.35. The zero-order valence-corrected chi connectivity index (χ0v) is 14.7. The number of methoxy groups -OCH3 is 1. The van der Waals surface area contributed by atoms with E-state index in [0.717, 1.165) is 36.3 Å². The standard InChI is InChI=1S/C21H21N3O2/c1-26-16-7-4-6-15(14-16)19-10-5-13-24(19)21(25)18-9-3-2-8-17(18)20-22-11-12-23-20/h2-4,6-9,11-12,14,19H,5,10,13H2,1H3,(H,22,23)/t19-/m0/s1. The van der Waals surface area contributed by atoms with Crippen LogP contribution in [0.5, 0.6) is 5.75 Å². The first-order valence-electron chi connectivity index (χ1n) is 8.81. The fourth-order valence-corrected chi connectivity index (χ4v) is 3.65. The number of carbonyl (C=O) groups excluding carboxylic acids is 1. The third-order valence-corrected chi connectivity index (χ3v) is 4.90. The molecule has 1 aromatic heterocycles. The fourth-order valence-electron chi connectivity index (χ4n) is 3.65. The number of likely N-dealkylation sites (tertiary alicyclic amines) is 1. The van der Waals surface area contributed by atoms with Crippen molar-refractivity contribution >= 4 is 5.91 Å². The van der Waals surface area contributed by atoms with Crippen molar-refractivity contribution < 1.29 is 9.53 Å². The molecule has 0 radical (unpaired) electrons. The number of hydrogen-bond acceptors (Lipinski definition) is 3. The van der Waals surface area contributed by atoms with Crippen molar-refractivity contribution in [2.75, 3.05) is 13.7 Å². The molecule has 1 saturated heterocycles. The third kappa shape index (κ3) is 2.96. The normalized spacial score (nSPS) is 16.7. The Kier molecular flexibility index (Phi) is 4.44. The second kappa shape index (κ2) is 7.04. The minimum absolute atomic E-state index is 0.0438. The molecule has 2 aromatic carbocycles. The molecular weight excluding hydrogens is 326 g/mol. The van der Waals surface area contributed by atoms with Crippen LogP contribution in [0.3, 0.4) is 0 Å². The van der Waals surface area contributed by atoms with Crippen LogP contribution in [0, 0.1) is 0 Å². The number of H-pyrrole nitrogens is 1. The summed E-state index contributed by atoms with van der Waals surface area (Å²) in [5, 5.41) is 0. The predicted molar refractivity (Wildman–Crippen MR) is 100 cm³/mol. The van der Waals surface area contributed by atoms with Gasteiger partial charge < -0.3 is 14.6 Å². The molecule has 26 heavy (non-hydrogen) atoms. The number of rotatable bonds is 4. The van der Waals surface area contributed by atoms with E-state index in [-0.39, 0.29) is 11.9 Å². The maximum absolute atomic E-state index is 13.4. The number of nitrogens with one attached hydrogen (secondary N) is 1. The predicted octanol–water partition coefficient (Wildman–Crippen LogP) is 4.06. The number of imidazole rings is 1. The number of ether oxygens (including phenoxy) is 1. The maximum atomic E-state index is 13.4. The van der Waals surface area contributed by atoms with Gasteiger partial charge in [0.25, 0.3) is 5.91 Å². The number of carbonyl (C=O) groups is 1. The number of nitrogens with zero attached hydrogens (tertiary/aromatic N) is 2. The molecule has 1 N–H and O–H groups in total. The minimum Gasteiger partial charge on any atom is -0.497 e. The number of benzene rings is 2.